The molecular weight excluding hydrogens is 290 g/mol. The molecule has 0 aliphatic carbocycles. The lowest BCUT2D eigenvalue weighted by Crippen LogP contribution is -2.24. The average molecular weight is 334 g/mol. The Hall–Kier alpha value is 0.250. The summed E-state index contributed by atoms with van der Waals surface area (Å²) in [6.07, 6.45) is 21.7. The SMILES string of the molecule is CCCCCCCCCCCCCCCCC(C)N(C)C.Cl. The maximum absolute atomic E-state index is 2.34. The Balaban J connectivity index is 0. The zero-order valence-electron chi connectivity index (χ0n) is 16.0. The molecule has 0 aromatic heterocycles. The zero-order chi connectivity index (χ0) is 15.8. The first-order valence-corrected chi connectivity index (χ1v) is 9.85. The van der Waals surface area contributed by atoms with Crippen LogP contribution in [0.15, 0.2) is 0 Å². The van der Waals surface area contributed by atoms with Crippen molar-refractivity contribution in [2.75, 3.05) is 14.1 Å². The first kappa shape index (κ1) is 24.5. The Morgan fingerprint density at radius 2 is 0.909 bits per heavy atom. The van der Waals surface area contributed by atoms with Gasteiger partial charge in [-0.05, 0) is 27.4 Å². The van der Waals surface area contributed by atoms with E-state index in [2.05, 4.69) is 32.8 Å². The summed E-state index contributed by atoms with van der Waals surface area (Å²) in [6.45, 7) is 4.63. The second-order valence-electron chi connectivity index (χ2n) is 7.20. The molecule has 1 unspecified atom stereocenters. The van der Waals surface area contributed by atoms with Crippen LogP contribution in [-0.2, 0) is 0 Å². The quantitative estimate of drug-likeness (QED) is 0.269. The van der Waals surface area contributed by atoms with E-state index in [9.17, 15) is 0 Å². The number of nitrogens with zero attached hydrogens (tertiary/aromatic N) is 1. The Labute approximate surface area is 148 Å². The minimum Gasteiger partial charge on any atom is -0.307 e. The topological polar surface area (TPSA) is 3.24 Å². The van der Waals surface area contributed by atoms with Crippen LogP contribution in [0.3, 0.4) is 0 Å². The number of halogens is 1. The van der Waals surface area contributed by atoms with E-state index in [1.165, 1.54) is 96.3 Å². The highest BCUT2D eigenvalue weighted by molar-refractivity contribution is 5.85. The van der Waals surface area contributed by atoms with Crippen LogP contribution in [0.25, 0.3) is 0 Å². The number of hydrogen-bond acceptors (Lipinski definition) is 1. The molecule has 1 atom stereocenters. The van der Waals surface area contributed by atoms with E-state index in [0.29, 0.717) is 0 Å². The van der Waals surface area contributed by atoms with Crippen LogP contribution in [-0.4, -0.2) is 25.0 Å². The largest absolute Gasteiger partial charge is 0.307 e. The monoisotopic (exact) mass is 333 g/mol. The Morgan fingerprint density at radius 3 is 1.23 bits per heavy atom. The van der Waals surface area contributed by atoms with Crippen molar-refractivity contribution in [1.82, 2.24) is 4.90 Å². The fraction of sp³-hybridized carbons (Fsp3) is 1.00. The molecule has 22 heavy (non-hydrogen) atoms. The van der Waals surface area contributed by atoms with Crippen LogP contribution >= 0.6 is 12.4 Å². The smallest absolute Gasteiger partial charge is 0.00608 e. The van der Waals surface area contributed by atoms with Crippen molar-refractivity contribution in [3.05, 3.63) is 0 Å². The van der Waals surface area contributed by atoms with Crippen LogP contribution in [0, 0.1) is 0 Å². The van der Waals surface area contributed by atoms with Crippen LogP contribution in [0.2, 0.25) is 0 Å². The maximum atomic E-state index is 2.34. The summed E-state index contributed by atoms with van der Waals surface area (Å²) in [4.78, 5) is 2.34. The highest BCUT2D eigenvalue weighted by Crippen LogP contribution is 2.14. The summed E-state index contributed by atoms with van der Waals surface area (Å²) in [5, 5.41) is 0. The summed E-state index contributed by atoms with van der Waals surface area (Å²) in [6, 6.07) is 0.752. The molecular formula is C20H44ClN. The van der Waals surface area contributed by atoms with Gasteiger partial charge in [-0.25, -0.2) is 0 Å². The minimum absolute atomic E-state index is 0. The lowest BCUT2D eigenvalue weighted by Gasteiger charge is -2.19. The van der Waals surface area contributed by atoms with E-state index in [1.807, 2.05) is 0 Å². The molecule has 136 valence electrons. The van der Waals surface area contributed by atoms with Crippen molar-refractivity contribution in [1.29, 1.82) is 0 Å². The molecule has 0 aromatic carbocycles. The van der Waals surface area contributed by atoms with E-state index in [0.717, 1.165) is 6.04 Å². The normalized spacial score (nSPS) is 12.4. The van der Waals surface area contributed by atoms with Crippen molar-refractivity contribution < 1.29 is 0 Å². The van der Waals surface area contributed by atoms with Crippen molar-refractivity contribution in [2.45, 2.75) is 116 Å². The molecule has 0 amide bonds. The van der Waals surface area contributed by atoms with E-state index >= 15 is 0 Å². The van der Waals surface area contributed by atoms with Gasteiger partial charge in [-0.1, -0.05) is 96.8 Å². The molecule has 0 saturated carbocycles. The van der Waals surface area contributed by atoms with E-state index in [4.69, 9.17) is 0 Å². The van der Waals surface area contributed by atoms with Gasteiger partial charge in [0.15, 0.2) is 0 Å². The summed E-state index contributed by atoms with van der Waals surface area (Å²) < 4.78 is 0. The summed E-state index contributed by atoms with van der Waals surface area (Å²) >= 11 is 0. The molecule has 0 spiro atoms. The molecule has 0 rings (SSSR count). The van der Waals surface area contributed by atoms with Gasteiger partial charge in [0, 0.05) is 6.04 Å². The first-order chi connectivity index (χ1) is 10.2. The number of hydrogen-bond donors (Lipinski definition) is 0. The van der Waals surface area contributed by atoms with Gasteiger partial charge >= 0.3 is 0 Å². The summed E-state index contributed by atoms with van der Waals surface area (Å²) in [5.74, 6) is 0. The highest BCUT2D eigenvalue weighted by Gasteiger charge is 2.02. The molecule has 0 aliphatic rings. The van der Waals surface area contributed by atoms with Gasteiger partial charge in [-0.2, -0.15) is 0 Å². The van der Waals surface area contributed by atoms with Gasteiger partial charge in [0.25, 0.3) is 0 Å². The fourth-order valence-corrected chi connectivity index (χ4v) is 2.89. The van der Waals surface area contributed by atoms with Crippen LogP contribution in [0.1, 0.15) is 110 Å². The Morgan fingerprint density at radius 1 is 0.591 bits per heavy atom. The highest BCUT2D eigenvalue weighted by atomic mass is 35.5. The third kappa shape index (κ3) is 18.3. The lowest BCUT2D eigenvalue weighted by molar-refractivity contribution is 0.291. The lowest BCUT2D eigenvalue weighted by atomic mass is 10.0. The third-order valence-electron chi connectivity index (χ3n) is 4.86. The molecule has 1 nitrogen and oxygen atoms in total. The van der Waals surface area contributed by atoms with Crippen molar-refractivity contribution in [3.8, 4) is 0 Å². The number of unbranched alkanes of at least 4 members (excludes halogenated alkanes) is 13. The molecule has 2 heteroatoms. The Kier molecular flexibility index (Phi) is 21.5. The molecule has 0 bridgehead atoms. The molecule has 0 fully saturated rings. The van der Waals surface area contributed by atoms with Gasteiger partial charge in [0.2, 0.25) is 0 Å². The van der Waals surface area contributed by atoms with E-state index in [1.54, 1.807) is 0 Å². The molecule has 0 aromatic rings. The summed E-state index contributed by atoms with van der Waals surface area (Å²) in [5.41, 5.74) is 0. The van der Waals surface area contributed by atoms with E-state index in [-0.39, 0.29) is 12.4 Å². The third-order valence-corrected chi connectivity index (χ3v) is 4.86. The Bertz CT molecular complexity index is 194. The second-order valence-corrected chi connectivity index (χ2v) is 7.20. The van der Waals surface area contributed by atoms with Crippen LogP contribution in [0.4, 0.5) is 0 Å². The second kappa shape index (κ2) is 19.3. The minimum atomic E-state index is 0. The van der Waals surface area contributed by atoms with Gasteiger partial charge in [-0.15, -0.1) is 12.4 Å². The first-order valence-electron chi connectivity index (χ1n) is 9.85. The van der Waals surface area contributed by atoms with Gasteiger partial charge < -0.3 is 4.90 Å². The van der Waals surface area contributed by atoms with E-state index < -0.39 is 0 Å². The van der Waals surface area contributed by atoms with Gasteiger partial charge in [0.1, 0.15) is 0 Å². The van der Waals surface area contributed by atoms with Gasteiger partial charge in [0.05, 0.1) is 0 Å². The zero-order valence-corrected chi connectivity index (χ0v) is 16.9. The molecule has 0 aliphatic heterocycles. The van der Waals surface area contributed by atoms with Crippen LogP contribution < -0.4 is 0 Å². The molecule has 0 heterocycles. The maximum Gasteiger partial charge on any atom is 0.00608 e. The van der Waals surface area contributed by atoms with Crippen molar-refractivity contribution in [2.24, 2.45) is 0 Å². The molecule has 0 radical (unpaired) electrons. The average Bonchev–Trinajstić information content (AvgIpc) is 2.47. The van der Waals surface area contributed by atoms with Crippen LogP contribution in [0.5, 0.6) is 0 Å². The molecule has 0 saturated heterocycles. The molecule has 0 N–H and O–H groups in total. The van der Waals surface area contributed by atoms with Gasteiger partial charge in [-0.3, -0.25) is 0 Å². The predicted octanol–water partition coefficient (Wildman–Crippen LogP) is 7.23. The fourth-order valence-electron chi connectivity index (χ4n) is 2.89. The van der Waals surface area contributed by atoms with Crippen molar-refractivity contribution >= 4 is 12.4 Å². The number of rotatable bonds is 16. The standard InChI is InChI=1S/C20H43N.ClH/c1-5-6-7-8-9-10-11-12-13-14-15-16-17-18-19-20(2)21(3)4;/h20H,5-19H2,1-4H3;1H. The predicted molar refractivity (Wildman–Crippen MR) is 105 cm³/mol. The van der Waals surface area contributed by atoms with Crippen molar-refractivity contribution in [3.63, 3.8) is 0 Å². The summed E-state index contributed by atoms with van der Waals surface area (Å²) in [7, 11) is 4.38.